The van der Waals surface area contributed by atoms with E-state index in [0.29, 0.717) is 12.1 Å². The van der Waals surface area contributed by atoms with E-state index in [2.05, 4.69) is 0 Å². The van der Waals surface area contributed by atoms with Crippen molar-refractivity contribution in [3.8, 4) is 0 Å². The largest absolute Gasteiger partial charge is 0.340 e. The first kappa shape index (κ1) is 17.7. The second kappa shape index (κ2) is 6.48. The van der Waals surface area contributed by atoms with Gasteiger partial charge in [0.2, 0.25) is 15.9 Å². The van der Waals surface area contributed by atoms with Crippen LogP contribution in [0.15, 0.2) is 30.3 Å². The first-order valence-electron chi connectivity index (χ1n) is 7.09. The number of carbonyl (C=O) groups excluding carboxylic acids is 1. The number of carbonyl (C=O) groups is 1. The molecule has 1 heterocycles. The summed E-state index contributed by atoms with van der Waals surface area (Å²) in [5, 5.41) is 0. The Morgan fingerprint density at radius 2 is 1.87 bits per heavy atom. The van der Waals surface area contributed by atoms with Crippen LogP contribution < -0.4 is 4.31 Å². The fraction of sp³-hybridized carbons (Fsp3) is 0.500. The molecule has 1 aromatic carbocycles. The number of benzene rings is 1. The van der Waals surface area contributed by atoms with E-state index in [1.807, 2.05) is 0 Å². The standard InChI is InChI=1S/C14H20N2O5S2/c1-15(13-8-9-23(20,21)11-13)14(17)10-16(22(2,18)19)12-6-4-3-5-7-12/h3-7,13H,8-11H2,1-2H3. The number of likely N-dealkylation sites (N-methyl/N-ethyl adjacent to an activating group) is 1. The quantitative estimate of drug-likeness (QED) is 0.742. The number of hydrogen-bond acceptors (Lipinski definition) is 5. The Kier molecular flexibility index (Phi) is 5.00. The Hall–Kier alpha value is -1.61. The van der Waals surface area contributed by atoms with Crippen molar-refractivity contribution >= 4 is 31.5 Å². The van der Waals surface area contributed by atoms with E-state index in [9.17, 15) is 21.6 Å². The van der Waals surface area contributed by atoms with E-state index in [1.54, 1.807) is 30.3 Å². The average molecular weight is 360 g/mol. The number of sulfone groups is 1. The molecular formula is C14H20N2O5S2. The summed E-state index contributed by atoms with van der Waals surface area (Å²) in [6.45, 7) is -0.351. The topological polar surface area (TPSA) is 91.8 Å². The van der Waals surface area contributed by atoms with E-state index >= 15 is 0 Å². The number of rotatable bonds is 5. The van der Waals surface area contributed by atoms with Gasteiger partial charge in [0.1, 0.15) is 6.54 Å². The fourth-order valence-electron chi connectivity index (χ4n) is 2.51. The van der Waals surface area contributed by atoms with Crippen molar-refractivity contribution in [1.29, 1.82) is 0 Å². The summed E-state index contributed by atoms with van der Waals surface area (Å²) in [6.07, 6.45) is 1.42. The molecule has 0 saturated carbocycles. The van der Waals surface area contributed by atoms with Gasteiger partial charge in [-0.25, -0.2) is 16.8 Å². The molecule has 0 aromatic heterocycles. The van der Waals surface area contributed by atoms with Crippen LogP contribution in [0.2, 0.25) is 0 Å². The van der Waals surface area contributed by atoms with E-state index in [4.69, 9.17) is 0 Å². The smallest absolute Gasteiger partial charge is 0.243 e. The van der Waals surface area contributed by atoms with Gasteiger partial charge in [-0.1, -0.05) is 18.2 Å². The summed E-state index contributed by atoms with van der Waals surface area (Å²) >= 11 is 0. The highest BCUT2D eigenvalue weighted by atomic mass is 32.2. The zero-order valence-corrected chi connectivity index (χ0v) is 14.7. The molecule has 1 aliphatic rings. The van der Waals surface area contributed by atoms with Gasteiger partial charge in [0.05, 0.1) is 23.4 Å². The van der Waals surface area contributed by atoms with Crippen molar-refractivity contribution in [2.75, 3.05) is 35.7 Å². The number of anilines is 1. The van der Waals surface area contributed by atoms with E-state index in [0.717, 1.165) is 10.6 Å². The van der Waals surface area contributed by atoms with Crippen LogP contribution in [0.5, 0.6) is 0 Å². The highest BCUT2D eigenvalue weighted by molar-refractivity contribution is 7.92. The van der Waals surface area contributed by atoms with Gasteiger partial charge < -0.3 is 4.90 Å². The van der Waals surface area contributed by atoms with Crippen LogP contribution >= 0.6 is 0 Å². The van der Waals surface area contributed by atoms with Crippen molar-refractivity contribution in [2.45, 2.75) is 12.5 Å². The molecule has 23 heavy (non-hydrogen) atoms. The van der Waals surface area contributed by atoms with E-state index in [1.165, 1.54) is 11.9 Å². The molecule has 9 heteroatoms. The number of amides is 1. The average Bonchev–Trinajstić information content (AvgIpc) is 2.83. The van der Waals surface area contributed by atoms with Crippen molar-refractivity contribution < 1.29 is 21.6 Å². The van der Waals surface area contributed by atoms with Crippen molar-refractivity contribution in [3.05, 3.63) is 30.3 Å². The lowest BCUT2D eigenvalue weighted by Gasteiger charge is -2.28. The minimum absolute atomic E-state index is 0.0593. The highest BCUT2D eigenvalue weighted by Crippen LogP contribution is 2.19. The summed E-state index contributed by atoms with van der Waals surface area (Å²) < 4.78 is 48.0. The molecule has 0 spiro atoms. The molecule has 1 atom stereocenters. The first-order valence-corrected chi connectivity index (χ1v) is 10.8. The van der Waals surface area contributed by atoms with Crippen molar-refractivity contribution in [2.24, 2.45) is 0 Å². The summed E-state index contributed by atoms with van der Waals surface area (Å²) in [7, 11) is -5.22. The second-order valence-electron chi connectivity index (χ2n) is 5.67. The molecule has 2 rings (SSSR count). The maximum atomic E-state index is 12.4. The van der Waals surface area contributed by atoms with Crippen molar-refractivity contribution in [1.82, 2.24) is 4.90 Å². The maximum Gasteiger partial charge on any atom is 0.243 e. The Morgan fingerprint density at radius 3 is 2.35 bits per heavy atom. The van der Waals surface area contributed by atoms with Gasteiger partial charge in [0.25, 0.3) is 0 Å². The predicted molar refractivity (Wildman–Crippen MR) is 88.5 cm³/mol. The lowest BCUT2D eigenvalue weighted by Crippen LogP contribution is -2.45. The summed E-state index contributed by atoms with van der Waals surface area (Å²) in [5.41, 5.74) is 0.399. The Balaban J connectivity index is 2.16. The van der Waals surface area contributed by atoms with Gasteiger partial charge in [-0.05, 0) is 18.6 Å². The lowest BCUT2D eigenvalue weighted by molar-refractivity contribution is -0.129. The van der Waals surface area contributed by atoms with Crippen LogP contribution in [0.1, 0.15) is 6.42 Å². The molecule has 1 amide bonds. The van der Waals surface area contributed by atoms with Crippen LogP contribution in [0.3, 0.4) is 0 Å². The number of hydrogen-bond donors (Lipinski definition) is 0. The molecule has 1 fully saturated rings. The molecule has 0 radical (unpaired) electrons. The van der Waals surface area contributed by atoms with Crippen LogP contribution in [0, 0.1) is 0 Å². The van der Waals surface area contributed by atoms with Crippen LogP contribution in [-0.4, -0.2) is 65.0 Å². The van der Waals surface area contributed by atoms with E-state index < -0.39 is 31.8 Å². The molecule has 0 aliphatic carbocycles. The Morgan fingerprint density at radius 1 is 1.26 bits per heavy atom. The zero-order valence-electron chi connectivity index (χ0n) is 13.0. The third-order valence-corrected chi connectivity index (χ3v) is 6.76. The summed E-state index contributed by atoms with van der Waals surface area (Å²) in [5.74, 6) is -0.440. The zero-order chi connectivity index (χ0) is 17.3. The van der Waals surface area contributed by atoms with Crippen LogP contribution in [0.25, 0.3) is 0 Å². The molecule has 1 aromatic rings. The second-order valence-corrected chi connectivity index (χ2v) is 9.80. The molecule has 0 N–H and O–H groups in total. The fourth-order valence-corrected chi connectivity index (χ4v) is 5.14. The molecule has 7 nitrogen and oxygen atoms in total. The molecular weight excluding hydrogens is 340 g/mol. The Bertz CT molecular complexity index is 775. The molecule has 1 aliphatic heterocycles. The number of para-hydroxylation sites is 1. The van der Waals surface area contributed by atoms with E-state index in [-0.39, 0.29) is 18.1 Å². The summed E-state index contributed by atoms with van der Waals surface area (Å²) in [6, 6.07) is 7.94. The van der Waals surface area contributed by atoms with Gasteiger partial charge in [0.15, 0.2) is 9.84 Å². The molecule has 1 unspecified atom stereocenters. The normalized spacial score (nSPS) is 20.2. The van der Waals surface area contributed by atoms with Crippen molar-refractivity contribution in [3.63, 3.8) is 0 Å². The third-order valence-electron chi connectivity index (χ3n) is 3.87. The van der Waals surface area contributed by atoms with Gasteiger partial charge >= 0.3 is 0 Å². The monoisotopic (exact) mass is 360 g/mol. The molecule has 0 bridgehead atoms. The van der Waals surface area contributed by atoms with Gasteiger partial charge in [-0.15, -0.1) is 0 Å². The minimum Gasteiger partial charge on any atom is -0.340 e. The van der Waals surface area contributed by atoms with Gasteiger partial charge in [-0.2, -0.15) is 0 Å². The third kappa shape index (κ3) is 4.44. The summed E-state index contributed by atoms with van der Waals surface area (Å²) in [4.78, 5) is 13.7. The Labute approximate surface area is 136 Å². The number of sulfonamides is 1. The SMILES string of the molecule is CN(C(=O)CN(c1ccccc1)S(C)(=O)=O)C1CCS(=O)(=O)C1. The molecule has 1 saturated heterocycles. The first-order chi connectivity index (χ1) is 10.6. The van der Waals surface area contributed by atoms with Crippen LogP contribution in [-0.2, 0) is 24.7 Å². The van der Waals surface area contributed by atoms with Crippen LogP contribution in [0.4, 0.5) is 5.69 Å². The lowest BCUT2D eigenvalue weighted by atomic mass is 10.2. The minimum atomic E-state index is -3.63. The van der Waals surface area contributed by atoms with Gasteiger partial charge in [-0.3, -0.25) is 9.10 Å². The predicted octanol–water partition coefficient (Wildman–Crippen LogP) is 0.0981. The number of nitrogens with zero attached hydrogens (tertiary/aromatic N) is 2. The highest BCUT2D eigenvalue weighted by Gasteiger charge is 2.33. The maximum absolute atomic E-state index is 12.4. The van der Waals surface area contributed by atoms with Gasteiger partial charge in [0, 0.05) is 13.1 Å². The molecule has 128 valence electrons.